The summed E-state index contributed by atoms with van der Waals surface area (Å²) in [5.41, 5.74) is 2.14. The van der Waals surface area contributed by atoms with Crippen LogP contribution in [0.3, 0.4) is 0 Å². The molecule has 5 nitrogen and oxygen atoms in total. The molecule has 21 heavy (non-hydrogen) atoms. The van der Waals surface area contributed by atoms with Gasteiger partial charge < -0.3 is 0 Å². The first-order chi connectivity index (χ1) is 9.98. The van der Waals surface area contributed by atoms with E-state index in [2.05, 4.69) is 4.99 Å². The molecule has 0 atom stereocenters. The topological polar surface area (TPSA) is 89.6 Å². The Morgan fingerprint density at radius 1 is 0.905 bits per heavy atom. The quantitative estimate of drug-likeness (QED) is 0.864. The van der Waals surface area contributed by atoms with E-state index in [9.17, 15) is 13.2 Å². The zero-order valence-electron chi connectivity index (χ0n) is 11.1. The Bertz CT molecular complexity index is 713. The van der Waals surface area contributed by atoms with Gasteiger partial charge >= 0.3 is 0 Å². The number of primary sulfonamides is 1. The highest BCUT2D eigenvalue weighted by Gasteiger charge is 2.16. The maximum atomic E-state index is 11.4. The van der Waals surface area contributed by atoms with Crippen LogP contribution in [0.4, 0.5) is 0 Å². The Balaban J connectivity index is 2.41. The summed E-state index contributed by atoms with van der Waals surface area (Å²) in [6, 6.07) is 18.5. The molecule has 0 heterocycles. The van der Waals surface area contributed by atoms with Gasteiger partial charge in [0, 0.05) is 11.1 Å². The SMILES string of the molecule is NS(=O)(=O)C(=O)CN=C(c1ccccc1)c1ccccc1. The molecule has 0 unspecified atom stereocenters. The van der Waals surface area contributed by atoms with Crippen molar-refractivity contribution in [3.8, 4) is 0 Å². The third kappa shape index (κ3) is 4.08. The first-order valence-electron chi connectivity index (χ1n) is 6.19. The fourth-order valence-electron chi connectivity index (χ4n) is 1.77. The van der Waals surface area contributed by atoms with Gasteiger partial charge in [0.25, 0.3) is 15.1 Å². The Morgan fingerprint density at radius 2 is 1.33 bits per heavy atom. The van der Waals surface area contributed by atoms with E-state index in [0.717, 1.165) is 11.1 Å². The molecule has 0 aromatic heterocycles. The average molecular weight is 302 g/mol. The number of benzene rings is 2. The molecule has 0 bridgehead atoms. The average Bonchev–Trinajstić information content (AvgIpc) is 2.48. The van der Waals surface area contributed by atoms with Crippen molar-refractivity contribution in [1.82, 2.24) is 0 Å². The van der Waals surface area contributed by atoms with Gasteiger partial charge in [-0.2, -0.15) is 0 Å². The number of nitrogens with zero attached hydrogens (tertiary/aromatic N) is 1. The molecule has 0 aliphatic heterocycles. The van der Waals surface area contributed by atoms with Gasteiger partial charge in [-0.1, -0.05) is 60.7 Å². The smallest absolute Gasteiger partial charge is 0.278 e. The van der Waals surface area contributed by atoms with E-state index in [-0.39, 0.29) is 0 Å². The number of hydrogen-bond acceptors (Lipinski definition) is 4. The maximum Gasteiger partial charge on any atom is 0.282 e. The number of nitrogens with two attached hydrogens (primary N) is 1. The summed E-state index contributed by atoms with van der Waals surface area (Å²) in [7, 11) is -4.21. The summed E-state index contributed by atoms with van der Waals surface area (Å²) in [5, 5.41) is 3.69. The number of sulfonamides is 1. The molecule has 0 amide bonds. The lowest BCUT2D eigenvalue weighted by atomic mass is 10.0. The number of hydrogen-bond donors (Lipinski definition) is 1. The van der Waals surface area contributed by atoms with Gasteiger partial charge in [-0.25, -0.2) is 13.6 Å². The lowest BCUT2D eigenvalue weighted by molar-refractivity contribution is -0.110. The van der Waals surface area contributed by atoms with Gasteiger partial charge in [-0.05, 0) is 0 Å². The molecule has 2 rings (SSSR count). The zero-order chi connectivity index (χ0) is 15.3. The van der Waals surface area contributed by atoms with Gasteiger partial charge in [0.15, 0.2) is 0 Å². The normalized spacial score (nSPS) is 10.9. The zero-order valence-corrected chi connectivity index (χ0v) is 12.0. The minimum absolute atomic E-state index is 0.502. The van der Waals surface area contributed by atoms with E-state index in [0.29, 0.717) is 5.71 Å². The summed E-state index contributed by atoms with van der Waals surface area (Å²) >= 11 is 0. The predicted octanol–water partition coefficient (Wildman–Crippen LogP) is 1.34. The maximum absolute atomic E-state index is 11.4. The van der Waals surface area contributed by atoms with Gasteiger partial charge in [-0.3, -0.25) is 9.79 Å². The largest absolute Gasteiger partial charge is 0.282 e. The molecule has 0 saturated heterocycles. The molecule has 0 fully saturated rings. The standard InChI is InChI=1S/C15H14N2O3S/c16-21(19,20)14(18)11-17-15(12-7-3-1-4-8-12)13-9-5-2-6-10-13/h1-10H,11H2,(H2,16,19,20). The van der Waals surface area contributed by atoms with Crippen LogP contribution in [0.25, 0.3) is 0 Å². The lowest BCUT2D eigenvalue weighted by Gasteiger charge is -2.07. The first kappa shape index (κ1) is 15.1. The fraction of sp³-hybridized carbons (Fsp3) is 0.0667. The molecule has 0 aliphatic rings. The lowest BCUT2D eigenvalue weighted by Crippen LogP contribution is -2.26. The van der Waals surface area contributed by atoms with E-state index in [1.807, 2.05) is 60.7 Å². The highest BCUT2D eigenvalue weighted by molar-refractivity contribution is 8.04. The first-order valence-corrected chi connectivity index (χ1v) is 7.74. The van der Waals surface area contributed by atoms with E-state index >= 15 is 0 Å². The second-order valence-corrected chi connectivity index (χ2v) is 5.86. The summed E-state index contributed by atoms with van der Waals surface area (Å²) in [5.74, 6) is 0. The van der Waals surface area contributed by atoms with Crippen LogP contribution < -0.4 is 5.14 Å². The van der Waals surface area contributed by atoms with Crippen LogP contribution in [-0.4, -0.2) is 25.8 Å². The van der Waals surface area contributed by atoms with Gasteiger partial charge in [0.2, 0.25) is 0 Å². The van der Waals surface area contributed by atoms with Crippen molar-refractivity contribution in [1.29, 1.82) is 0 Å². The molecule has 108 valence electrons. The predicted molar refractivity (Wildman–Crippen MR) is 81.5 cm³/mol. The second-order valence-electron chi connectivity index (χ2n) is 4.31. The molecule has 0 spiro atoms. The van der Waals surface area contributed by atoms with Crippen molar-refractivity contribution in [2.24, 2.45) is 10.1 Å². The van der Waals surface area contributed by atoms with E-state index in [4.69, 9.17) is 5.14 Å². The Morgan fingerprint density at radius 3 is 1.71 bits per heavy atom. The van der Waals surface area contributed by atoms with Gasteiger partial charge in [0.05, 0.1) is 5.71 Å². The van der Waals surface area contributed by atoms with Crippen molar-refractivity contribution in [3.05, 3.63) is 71.8 Å². The number of rotatable bonds is 4. The molecule has 6 heteroatoms. The minimum Gasteiger partial charge on any atom is -0.278 e. The van der Waals surface area contributed by atoms with Crippen LogP contribution in [0, 0.1) is 0 Å². The van der Waals surface area contributed by atoms with Crippen LogP contribution in [-0.2, 0) is 14.8 Å². The van der Waals surface area contributed by atoms with Crippen LogP contribution in [0.1, 0.15) is 11.1 Å². The van der Waals surface area contributed by atoms with Crippen LogP contribution in [0.2, 0.25) is 0 Å². The van der Waals surface area contributed by atoms with Crippen LogP contribution >= 0.6 is 0 Å². The van der Waals surface area contributed by atoms with Crippen molar-refractivity contribution in [3.63, 3.8) is 0 Å². The van der Waals surface area contributed by atoms with Crippen LogP contribution in [0.5, 0.6) is 0 Å². The summed E-state index contributed by atoms with van der Waals surface area (Å²) in [6.45, 7) is -0.502. The van der Waals surface area contributed by atoms with E-state index < -0.39 is 21.7 Å². The highest BCUT2D eigenvalue weighted by atomic mass is 32.2. The third-order valence-corrected chi connectivity index (χ3v) is 3.54. The molecule has 0 radical (unpaired) electrons. The van der Waals surface area contributed by atoms with Gasteiger partial charge in [-0.15, -0.1) is 0 Å². The molecule has 0 aliphatic carbocycles. The van der Waals surface area contributed by atoms with Crippen molar-refractivity contribution in [2.75, 3.05) is 6.54 Å². The summed E-state index contributed by atoms with van der Waals surface area (Å²) < 4.78 is 22.0. The van der Waals surface area contributed by atoms with Crippen molar-refractivity contribution < 1.29 is 13.2 Å². The molecular weight excluding hydrogens is 288 g/mol. The Hall–Kier alpha value is -2.31. The van der Waals surface area contributed by atoms with Crippen LogP contribution in [0.15, 0.2) is 65.7 Å². The number of carbonyl (C=O) groups excluding carboxylic acids is 1. The van der Waals surface area contributed by atoms with Crippen molar-refractivity contribution in [2.45, 2.75) is 0 Å². The Labute approximate surface area is 123 Å². The number of carbonyl (C=O) groups is 1. The summed E-state index contributed by atoms with van der Waals surface area (Å²) in [4.78, 5) is 15.6. The molecule has 2 N–H and O–H groups in total. The molecule has 2 aromatic rings. The molecule has 2 aromatic carbocycles. The highest BCUT2D eigenvalue weighted by Crippen LogP contribution is 2.11. The van der Waals surface area contributed by atoms with Crippen molar-refractivity contribution >= 4 is 20.9 Å². The minimum atomic E-state index is -4.21. The second kappa shape index (κ2) is 6.43. The van der Waals surface area contributed by atoms with E-state index in [1.165, 1.54) is 0 Å². The number of aliphatic imine (C=N–C) groups is 1. The molecular formula is C15H14N2O3S. The fourth-order valence-corrected chi connectivity index (χ4v) is 2.02. The van der Waals surface area contributed by atoms with E-state index in [1.54, 1.807) is 0 Å². The third-order valence-electron chi connectivity index (χ3n) is 2.78. The summed E-state index contributed by atoms with van der Waals surface area (Å²) in [6.07, 6.45) is 0. The molecule has 0 saturated carbocycles. The Kier molecular flexibility index (Phi) is 4.62. The van der Waals surface area contributed by atoms with Gasteiger partial charge in [0.1, 0.15) is 6.54 Å². The monoisotopic (exact) mass is 302 g/mol.